The van der Waals surface area contributed by atoms with Gasteiger partial charge >= 0.3 is 6.09 Å². The Bertz CT molecular complexity index is 1240. The Morgan fingerprint density at radius 3 is 2.53 bits per heavy atom. The van der Waals surface area contributed by atoms with Gasteiger partial charge in [0, 0.05) is 24.5 Å². The molecule has 0 unspecified atom stereocenters. The summed E-state index contributed by atoms with van der Waals surface area (Å²) in [5.41, 5.74) is 0.0307. The number of aromatic nitrogens is 1. The van der Waals surface area contributed by atoms with Crippen molar-refractivity contribution in [3.63, 3.8) is 0 Å². The lowest BCUT2D eigenvalue weighted by Crippen LogP contribution is -2.36. The molecule has 1 saturated heterocycles. The SMILES string of the molecule is CC(C)(C)OC(=O)N1CC[C@@H](Oc2cccc3cc(S(=O)(=O)c4ccccc4)cnc23)C1. The second kappa shape index (κ2) is 8.43. The van der Waals surface area contributed by atoms with E-state index in [0.717, 1.165) is 0 Å². The van der Waals surface area contributed by atoms with Crippen molar-refractivity contribution >= 4 is 26.8 Å². The summed E-state index contributed by atoms with van der Waals surface area (Å²) in [6.45, 7) is 6.48. The number of amides is 1. The minimum atomic E-state index is -3.66. The Labute approximate surface area is 187 Å². The van der Waals surface area contributed by atoms with E-state index >= 15 is 0 Å². The molecule has 0 bridgehead atoms. The molecular formula is C24H26N2O5S. The summed E-state index contributed by atoms with van der Waals surface area (Å²) in [6.07, 6.45) is 1.49. The van der Waals surface area contributed by atoms with Crippen molar-refractivity contribution in [1.82, 2.24) is 9.88 Å². The van der Waals surface area contributed by atoms with E-state index in [4.69, 9.17) is 9.47 Å². The number of carbonyl (C=O) groups is 1. The van der Waals surface area contributed by atoms with Crippen molar-refractivity contribution in [1.29, 1.82) is 0 Å². The van der Waals surface area contributed by atoms with Crippen LogP contribution in [0.2, 0.25) is 0 Å². The number of ether oxygens (including phenoxy) is 2. The normalized spacial score (nSPS) is 16.8. The van der Waals surface area contributed by atoms with Crippen LogP contribution in [0, 0.1) is 0 Å². The van der Waals surface area contributed by atoms with Crippen LogP contribution in [0.1, 0.15) is 27.2 Å². The van der Waals surface area contributed by atoms with Gasteiger partial charge in [0.25, 0.3) is 0 Å². The summed E-state index contributed by atoms with van der Waals surface area (Å²) in [5.74, 6) is 0.558. The smallest absolute Gasteiger partial charge is 0.410 e. The Balaban J connectivity index is 1.54. The molecule has 2 heterocycles. The molecule has 3 aromatic rings. The summed E-state index contributed by atoms with van der Waals surface area (Å²) < 4.78 is 37.4. The van der Waals surface area contributed by atoms with Gasteiger partial charge in [-0.25, -0.2) is 13.2 Å². The topological polar surface area (TPSA) is 85.8 Å². The predicted octanol–water partition coefficient (Wildman–Crippen LogP) is 4.46. The fourth-order valence-corrected chi connectivity index (χ4v) is 4.85. The van der Waals surface area contributed by atoms with Crippen LogP contribution < -0.4 is 4.74 Å². The molecule has 8 heteroatoms. The van der Waals surface area contributed by atoms with E-state index < -0.39 is 15.4 Å². The fraction of sp³-hybridized carbons (Fsp3) is 0.333. The van der Waals surface area contributed by atoms with E-state index in [2.05, 4.69) is 4.98 Å². The Morgan fingerprint density at radius 1 is 1.06 bits per heavy atom. The Hall–Kier alpha value is -3.13. The zero-order valence-electron chi connectivity index (χ0n) is 18.3. The molecule has 1 amide bonds. The van der Waals surface area contributed by atoms with Crippen molar-refractivity contribution in [3.8, 4) is 5.75 Å². The number of pyridine rings is 1. The lowest BCUT2D eigenvalue weighted by Gasteiger charge is -2.24. The van der Waals surface area contributed by atoms with Gasteiger partial charge in [-0.05, 0) is 45.0 Å². The summed E-state index contributed by atoms with van der Waals surface area (Å²) in [5, 5.41) is 0.668. The summed E-state index contributed by atoms with van der Waals surface area (Å²) in [4.78, 5) is 18.7. The molecule has 1 aromatic heterocycles. The molecule has 2 aromatic carbocycles. The first-order chi connectivity index (χ1) is 15.1. The second-order valence-electron chi connectivity index (χ2n) is 8.77. The van der Waals surface area contributed by atoms with E-state index in [9.17, 15) is 13.2 Å². The van der Waals surface area contributed by atoms with Gasteiger partial charge in [0.15, 0.2) is 0 Å². The van der Waals surface area contributed by atoms with Crippen LogP contribution in [-0.4, -0.2) is 49.2 Å². The van der Waals surface area contributed by atoms with Crippen LogP contribution in [0.25, 0.3) is 10.9 Å². The minimum Gasteiger partial charge on any atom is -0.486 e. The number of likely N-dealkylation sites (tertiary alicyclic amines) is 1. The highest BCUT2D eigenvalue weighted by molar-refractivity contribution is 7.91. The lowest BCUT2D eigenvalue weighted by molar-refractivity contribution is 0.0276. The molecule has 1 atom stereocenters. The van der Waals surface area contributed by atoms with Crippen molar-refractivity contribution < 1.29 is 22.7 Å². The maximum atomic E-state index is 12.9. The van der Waals surface area contributed by atoms with Crippen molar-refractivity contribution in [3.05, 3.63) is 60.8 Å². The van der Waals surface area contributed by atoms with Crippen LogP contribution in [0.4, 0.5) is 4.79 Å². The molecule has 0 N–H and O–H groups in total. The third-order valence-corrected chi connectivity index (χ3v) is 6.84. The van der Waals surface area contributed by atoms with Crippen LogP contribution >= 0.6 is 0 Å². The van der Waals surface area contributed by atoms with Crippen molar-refractivity contribution in [2.45, 2.75) is 48.7 Å². The number of carbonyl (C=O) groups excluding carboxylic acids is 1. The third kappa shape index (κ3) is 4.70. The average molecular weight is 455 g/mol. The van der Waals surface area contributed by atoms with Gasteiger partial charge in [-0.3, -0.25) is 4.98 Å². The van der Waals surface area contributed by atoms with Gasteiger partial charge in [0.1, 0.15) is 23.0 Å². The molecule has 0 radical (unpaired) electrons. The summed E-state index contributed by atoms with van der Waals surface area (Å²) >= 11 is 0. The van der Waals surface area contributed by atoms with E-state index in [-0.39, 0.29) is 22.0 Å². The molecule has 168 valence electrons. The molecule has 1 aliphatic rings. The predicted molar refractivity (Wildman–Crippen MR) is 120 cm³/mol. The minimum absolute atomic E-state index is 0.130. The van der Waals surface area contributed by atoms with Gasteiger partial charge in [-0.2, -0.15) is 0 Å². The van der Waals surface area contributed by atoms with E-state index in [1.807, 2.05) is 20.8 Å². The van der Waals surface area contributed by atoms with Gasteiger partial charge in [0.2, 0.25) is 9.84 Å². The van der Waals surface area contributed by atoms with E-state index in [1.165, 1.54) is 6.20 Å². The zero-order chi connectivity index (χ0) is 22.9. The zero-order valence-corrected chi connectivity index (χ0v) is 19.1. The molecule has 0 spiro atoms. The molecule has 32 heavy (non-hydrogen) atoms. The monoisotopic (exact) mass is 454 g/mol. The number of rotatable bonds is 4. The quantitative estimate of drug-likeness (QED) is 0.579. The van der Waals surface area contributed by atoms with Gasteiger partial charge < -0.3 is 14.4 Å². The molecule has 1 fully saturated rings. The van der Waals surface area contributed by atoms with E-state index in [0.29, 0.717) is 36.2 Å². The maximum Gasteiger partial charge on any atom is 0.410 e. The first-order valence-corrected chi connectivity index (χ1v) is 12.0. The van der Waals surface area contributed by atoms with Crippen LogP contribution in [0.3, 0.4) is 0 Å². The Morgan fingerprint density at radius 2 is 1.81 bits per heavy atom. The first kappa shape index (κ1) is 22.1. The first-order valence-electron chi connectivity index (χ1n) is 10.5. The average Bonchev–Trinajstić information content (AvgIpc) is 3.22. The highest BCUT2D eigenvalue weighted by Crippen LogP contribution is 2.30. The molecule has 4 rings (SSSR count). The molecule has 0 aliphatic carbocycles. The summed E-state index contributed by atoms with van der Waals surface area (Å²) in [7, 11) is -3.66. The molecule has 7 nitrogen and oxygen atoms in total. The molecular weight excluding hydrogens is 428 g/mol. The van der Waals surface area contributed by atoms with Crippen LogP contribution in [0.5, 0.6) is 5.75 Å². The second-order valence-corrected chi connectivity index (χ2v) is 10.7. The van der Waals surface area contributed by atoms with Gasteiger partial charge in [0.05, 0.1) is 16.3 Å². The Kier molecular flexibility index (Phi) is 5.81. The van der Waals surface area contributed by atoms with Crippen molar-refractivity contribution in [2.75, 3.05) is 13.1 Å². The van der Waals surface area contributed by atoms with Crippen molar-refractivity contribution in [2.24, 2.45) is 0 Å². The number of para-hydroxylation sites is 1. The number of fused-ring (bicyclic) bond motifs is 1. The number of sulfone groups is 1. The highest BCUT2D eigenvalue weighted by atomic mass is 32.2. The highest BCUT2D eigenvalue weighted by Gasteiger charge is 2.31. The van der Waals surface area contributed by atoms with Crippen LogP contribution in [-0.2, 0) is 14.6 Å². The lowest BCUT2D eigenvalue weighted by atomic mass is 10.2. The number of benzene rings is 2. The largest absolute Gasteiger partial charge is 0.486 e. The number of hydrogen-bond acceptors (Lipinski definition) is 6. The van der Waals surface area contributed by atoms with Gasteiger partial charge in [-0.1, -0.05) is 30.3 Å². The third-order valence-electron chi connectivity index (χ3n) is 5.10. The van der Waals surface area contributed by atoms with E-state index in [1.54, 1.807) is 59.5 Å². The number of hydrogen-bond donors (Lipinski definition) is 0. The van der Waals surface area contributed by atoms with Gasteiger partial charge in [-0.15, -0.1) is 0 Å². The molecule has 0 saturated carbocycles. The standard InChI is InChI=1S/C24H26N2O5S/c1-24(2,3)31-23(27)26-13-12-18(16-26)30-21-11-7-8-17-14-20(15-25-22(17)21)32(28,29)19-9-5-4-6-10-19/h4-11,14-15,18H,12-13,16H2,1-3H3/t18-/m1/s1. The molecule has 1 aliphatic heterocycles. The summed E-state index contributed by atoms with van der Waals surface area (Å²) in [6, 6.07) is 15.3. The maximum absolute atomic E-state index is 12.9. The fourth-order valence-electron chi connectivity index (χ4n) is 3.59. The number of nitrogens with zero attached hydrogens (tertiary/aromatic N) is 2. The van der Waals surface area contributed by atoms with Crippen LogP contribution in [0.15, 0.2) is 70.6 Å².